The number of rotatable bonds is 6. The molecule has 4 nitrogen and oxygen atoms in total. The van der Waals surface area contributed by atoms with E-state index in [2.05, 4.69) is 20.7 Å². The summed E-state index contributed by atoms with van der Waals surface area (Å²) < 4.78 is 32.8. The lowest BCUT2D eigenvalue weighted by Gasteiger charge is -2.09. The molecule has 0 heterocycles. The molecule has 0 aliphatic heterocycles. The molecule has 21 heavy (non-hydrogen) atoms. The molecule has 2 aromatic rings. The van der Waals surface area contributed by atoms with Gasteiger partial charge < -0.3 is 4.74 Å². The Kier molecular flexibility index (Phi) is 5.39. The molecule has 0 atom stereocenters. The molecular weight excluding hydrogens is 354 g/mol. The minimum Gasteiger partial charge on any atom is -0.492 e. The van der Waals surface area contributed by atoms with Crippen LogP contribution in [-0.2, 0) is 10.0 Å². The number of benzene rings is 2. The van der Waals surface area contributed by atoms with Gasteiger partial charge in [-0.3, -0.25) is 0 Å². The van der Waals surface area contributed by atoms with Crippen molar-refractivity contribution in [2.45, 2.75) is 11.8 Å². The van der Waals surface area contributed by atoms with Gasteiger partial charge in [-0.25, -0.2) is 13.1 Å². The predicted molar refractivity (Wildman–Crippen MR) is 86.0 cm³/mol. The molecule has 2 rings (SSSR count). The van der Waals surface area contributed by atoms with Crippen LogP contribution >= 0.6 is 15.9 Å². The molecule has 0 aromatic heterocycles. The Morgan fingerprint density at radius 2 is 1.86 bits per heavy atom. The number of halogens is 1. The highest BCUT2D eigenvalue weighted by atomic mass is 79.9. The van der Waals surface area contributed by atoms with Crippen LogP contribution in [0.25, 0.3) is 0 Å². The highest BCUT2D eigenvalue weighted by Gasteiger charge is 2.13. The lowest BCUT2D eigenvalue weighted by atomic mass is 10.2. The van der Waals surface area contributed by atoms with Crippen molar-refractivity contribution in [2.75, 3.05) is 13.2 Å². The second kappa shape index (κ2) is 7.06. The van der Waals surface area contributed by atoms with Gasteiger partial charge in [-0.2, -0.15) is 0 Å². The fraction of sp³-hybridized carbons (Fsp3) is 0.200. The van der Waals surface area contributed by atoms with E-state index in [0.717, 1.165) is 15.8 Å². The zero-order valence-corrected chi connectivity index (χ0v) is 13.9. The van der Waals surface area contributed by atoms with Gasteiger partial charge in [0.2, 0.25) is 10.0 Å². The summed E-state index contributed by atoms with van der Waals surface area (Å²) in [7, 11) is -3.50. The first-order chi connectivity index (χ1) is 9.97. The first kappa shape index (κ1) is 16.0. The van der Waals surface area contributed by atoms with Crippen LogP contribution in [0.2, 0.25) is 0 Å². The van der Waals surface area contributed by atoms with Crippen molar-refractivity contribution in [3.8, 4) is 5.75 Å². The van der Waals surface area contributed by atoms with Gasteiger partial charge in [-0.1, -0.05) is 39.7 Å². The third kappa shape index (κ3) is 4.84. The second-order valence-corrected chi connectivity index (χ2v) is 7.20. The van der Waals surface area contributed by atoms with Gasteiger partial charge in [0.15, 0.2) is 0 Å². The molecule has 0 saturated carbocycles. The second-order valence-electron chi connectivity index (χ2n) is 4.52. The standard InChI is InChI=1S/C15H16BrNO3S/c1-12-5-7-14(8-6-12)20-10-9-17-21(18,19)15-4-2-3-13(16)11-15/h2-8,11,17H,9-10H2,1H3. The van der Waals surface area contributed by atoms with Crippen LogP contribution in [0.15, 0.2) is 57.9 Å². The number of sulfonamides is 1. The molecule has 0 spiro atoms. The summed E-state index contributed by atoms with van der Waals surface area (Å²) in [6.07, 6.45) is 0. The van der Waals surface area contributed by atoms with E-state index >= 15 is 0 Å². The number of ether oxygens (including phenoxy) is 1. The quantitative estimate of drug-likeness (QED) is 0.795. The number of hydrogen-bond donors (Lipinski definition) is 1. The van der Waals surface area contributed by atoms with Gasteiger partial charge in [0.1, 0.15) is 12.4 Å². The average Bonchev–Trinajstić information content (AvgIpc) is 2.45. The van der Waals surface area contributed by atoms with Gasteiger partial charge >= 0.3 is 0 Å². The van der Waals surface area contributed by atoms with E-state index in [9.17, 15) is 8.42 Å². The van der Waals surface area contributed by atoms with E-state index in [0.29, 0.717) is 0 Å². The van der Waals surface area contributed by atoms with E-state index in [-0.39, 0.29) is 18.0 Å². The lowest BCUT2D eigenvalue weighted by molar-refractivity contribution is 0.323. The molecule has 0 fully saturated rings. The Labute approximate surface area is 133 Å². The van der Waals surface area contributed by atoms with E-state index in [1.165, 1.54) is 0 Å². The molecule has 0 aliphatic rings. The summed E-state index contributed by atoms with van der Waals surface area (Å²) in [5.41, 5.74) is 1.15. The van der Waals surface area contributed by atoms with Crippen molar-refractivity contribution < 1.29 is 13.2 Å². The van der Waals surface area contributed by atoms with E-state index in [1.807, 2.05) is 31.2 Å². The molecule has 2 aromatic carbocycles. The van der Waals surface area contributed by atoms with Crippen molar-refractivity contribution >= 4 is 26.0 Å². The fourth-order valence-corrected chi connectivity index (χ4v) is 3.31. The third-order valence-electron chi connectivity index (χ3n) is 2.79. The van der Waals surface area contributed by atoms with Crippen molar-refractivity contribution in [1.29, 1.82) is 0 Å². The van der Waals surface area contributed by atoms with Crippen LogP contribution in [0.3, 0.4) is 0 Å². The van der Waals surface area contributed by atoms with Crippen molar-refractivity contribution in [2.24, 2.45) is 0 Å². The maximum atomic E-state index is 12.1. The smallest absolute Gasteiger partial charge is 0.240 e. The molecule has 0 aliphatic carbocycles. The summed E-state index contributed by atoms with van der Waals surface area (Å²) in [5.74, 6) is 0.724. The molecule has 0 bridgehead atoms. The summed E-state index contributed by atoms with van der Waals surface area (Å²) in [5, 5.41) is 0. The zero-order valence-electron chi connectivity index (χ0n) is 11.5. The largest absolute Gasteiger partial charge is 0.492 e. The van der Waals surface area contributed by atoms with Gasteiger partial charge in [0, 0.05) is 11.0 Å². The number of hydrogen-bond acceptors (Lipinski definition) is 3. The maximum absolute atomic E-state index is 12.1. The minimum absolute atomic E-state index is 0.211. The van der Waals surface area contributed by atoms with Crippen LogP contribution in [0.1, 0.15) is 5.56 Å². The Morgan fingerprint density at radius 1 is 1.14 bits per heavy atom. The first-order valence-corrected chi connectivity index (χ1v) is 8.70. The Balaban J connectivity index is 1.86. The van der Waals surface area contributed by atoms with Crippen LogP contribution in [-0.4, -0.2) is 21.6 Å². The molecule has 0 saturated heterocycles. The monoisotopic (exact) mass is 369 g/mol. The molecule has 6 heteroatoms. The van der Waals surface area contributed by atoms with Crippen LogP contribution in [0.4, 0.5) is 0 Å². The molecule has 0 amide bonds. The van der Waals surface area contributed by atoms with Crippen LogP contribution in [0.5, 0.6) is 5.75 Å². The van der Waals surface area contributed by atoms with E-state index in [4.69, 9.17) is 4.74 Å². The average molecular weight is 370 g/mol. The Morgan fingerprint density at radius 3 is 2.52 bits per heavy atom. The molecular formula is C15H16BrNO3S. The maximum Gasteiger partial charge on any atom is 0.240 e. The van der Waals surface area contributed by atoms with Gasteiger partial charge in [0.05, 0.1) is 4.90 Å². The Hall–Kier alpha value is -1.37. The molecule has 0 radical (unpaired) electrons. The number of aryl methyl sites for hydroxylation is 1. The summed E-state index contributed by atoms with van der Waals surface area (Å²) in [6.45, 7) is 2.48. The number of nitrogens with one attached hydrogen (secondary N) is 1. The lowest BCUT2D eigenvalue weighted by Crippen LogP contribution is -2.28. The van der Waals surface area contributed by atoms with Gasteiger partial charge in [-0.05, 0) is 37.3 Å². The van der Waals surface area contributed by atoms with Crippen LogP contribution < -0.4 is 9.46 Å². The highest BCUT2D eigenvalue weighted by molar-refractivity contribution is 9.10. The predicted octanol–water partition coefficient (Wildman–Crippen LogP) is 3.11. The SMILES string of the molecule is Cc1ccc(OCCNS(=O)(=O)c2cccc(Br)c2)cc1. The van der Waals surface area contributed by atoms with E-state index < -0.39 is 10.0 Å². The van der Waals surface area contributed by atoms with E-state index in [1.54, 1.807) is 24.3 Å². The summed E-state index contributed by atoms with van der Waals surface area (Å²) >= 11 is 3.26. The minimum atomic E-state index is -3.50. The van der Waals surface area contributed by atoms with Gasteiger partial charge in [0.25, 0.3) is 0 Å². The normalized spacial score (nSPS) is 11.3. The van der Waals surface area contributed by atoms with Crippen LogP contribution in [0, 0.1) is 6.92 Å². The first-order valence-electron chi connectivity index (χ1n) is 6.42. The highest BCUT2D eigenvalue weighted by Crippen LogP contribution is 2.15. The fourth-order valence-electron chi connectivity index (χ4n) is 1.70. The van der Waals surface area contributed by atoms with Crippen molar-refractivity contribution in [3.63, 3.8) is 0 Å². The topological polar surface area (TPSA) is 55.4 Å². The summed E-state index contributed by atoms with van der Waals surface area (Å²) in [4.78, 5) is 0.229. The third-order valence-corrected chi connectivity index (χ3v) is 4.74. The molecule has 1 N–H and O–H groups in total. The van der Waals surface area contributed by atoms with Gasteiger partial charge in [-0.15, -0.1) is 0 Å². The Bertz CT molecular complexity index is 699. The van der Waals surface area contributed by atoms with Crippen molar-refractivity contribution in [3.05, 3.63) is 58.6 Å². The summed E-state index contributed by atoms with van der Waals surface area (Å²) in [6, 6.07) is 14.2. The molecule has 112 valence electrons. The zero-order chi connectivity index (χ0) is 15.3. The molecule has 0 unspecified atom stereocenters. The van der Waals surface area contributed by atoms with Crippen molar-refractivity contribution in [1.82, 2.24) is 4.72 Å².